The van der Waals surface area contributed by atoms with Crippen molar-refractivity contribution in [3.8, 4) is 0 Å². The minimum atomic E-state index is -4.18. The summed E-state index contributed by atoms with van der Waals surface area (Å²) < 4.78 is 43.8. The molecule has 2 aliphatic heterocycles. The first-order valence-electron chi connectivity index (χ1n) is 10.3. The third-order valence-electron chi connectivity index (χ3n) is 5.33. The van der Waals surface area contributed by atoms with Crippen molar-refractivity contribution in [3.63, 3.8) is 0 Å². The molecule has 0 aromatic carbocycles. The van der Waals surface area contributed by atoms with Crippen molar-refractivity contribution in [2.24, 2.45) is 10.9 Å². The molecule has 2 unspecified atom stereocenters. The lowest BCUT2D eigenvalue weighted by Gasteiger charge is -2.26. The number of aliphatic imine (C=N–C) groups is 1. The standard InChI is InChI=1S/C19H34F3N5O2/c1-4-26(14-19(20,21)22)12-15-7-8-27(13-15)18(24-11-17(28)25(2)3)23-10-16-6-5-9-29-16/h15-16H,4-14H2,1-3H3,(H,23,24). The SMILES string of the molecule is CCN(CC1CCN(C(=NCC(=O)N(C)C)NCC2CCCO2)C1)CC(F)(F)F. The number of guanidine groups is 1. The largest absolute Gasteiger partial charge is 0.401 e. The summed E-state index contributed by atoms with van der Waals surface area (Å²) >= 11 is 0. The molecule has 1 N–H and O–H groups in total. The fraction of sp³-hybridized carbons (Fsp3) is 0.895. The fourth-order valence-electron chi connectivity index (χ4n) is 3.66. The molecule has 29 heavy (non-hydrogen) atoms. The Hall–Kier alpha value is -1.55. The highest BCUT2D eigenvalue weighted by Crippen LogP contribution is 2.21. The molecular weight excluding hydrogens is 387 g/mol. The van der Waals surface area contributed by atoms with Crippen molar-refractivity contribution < 1.29 is 22.7 Å². The Morgan fingerprint density at radius 3 is 2.66 bits per heavy atom. The van der Waals surface area contributed by atoms with Crippen molar-refractivity contribution >= 4 is 11.9 Å². The number of likely N-dealkylation sites (tertiary alicyclic amines) is 1. The van der Waals surface area contributed by atoms with E-state index in [9.17, 15) is 18.0 Å². The minimum Gasteiger partial charge on any atom is -0.376 e. The van der Waals surface area contributed by atoms with Crippen LogP contribution in [0.15, 0.2) is 4.99 Å². The van der Waals surface area contributed by atoms with Gasteiger partial charge in [0.05, 0.1) is 12.6 Å². The van der Waals surface area contributed by atoms with E-state index in [4.69, 9.17) is 4.74 Å². The Kier molecular flexibility index (Phi) is 9.01. The quantitative estimate of drug-likeness (QED) is 0.474. The zero-order chi connectivity index (χ0) is 21.4. The Labute approximate surface area is 171 Å². The van der Waals surface area contributed by atoms with Gasteiger partial charge >= 0.3 is 6.18 Å². The summed E-state index contributed by atoms with van der Waals surface area (Å²) in [4.78, 5) is 21.4. The zero-order valence-corrected chi connectivity index (χ0v) is 17.7. The summed E-state index contributed by atoms with van der Waals surface area (Å²) in [6, 6.07) is 0. The normalized spacial score (nSPS) is 23.1. The maximum absolute atomic E-state index is 12.7. The van der Waals surface area contributed by atoms with Gasteiger partial charge in [-0.3, -0.25) is 9.69 Å². The maximum atomic E-state index is 12.7. The number of nitrogens with zero attached hydrogens (tertiary/aromatic N) is 4. The number of likely N-dealkylation sites (N-methyl/N-ethyl adjacent to an activating group) is 1. The molecule has 2 fully saturated rings. The first kappa shape index (κ1) is 23.7. The summed E-state index contributed by atoms with van der Waals surface area (Å²) in [7, 11) is 3.37. The van der Waals surface area contributed by atoms with Gasteiger partial charge in [-0.1, -0.05) is 6.92 Å². The molecule has 1 amide bonds. The lowest BCUT2D eigenvalue weighted by Crippen LogP contribution is -2.44. The van der Waals surface area contributed by atoms with Crippen LogP contribution in [-0.4, -0.2) is 105 Å². The Morgan fingerprint density at radius 1 is 1.31 bits per heavy atom. The zero-order valence-electron chi connectivity index (χ0n) is 17.7. The predicted octanol–water partition coefficient (Wildman–Crippen LogP) is 1.41. The van der Waals surface area contributed by atoms with Gasteiger partial charge in [-0.15, -0.1) is 0 Å². The maximum Gasteiger partial charge on any atom is 0.401 e. The second-order valence-electron chi connectivity index (χ2n) is 7.99. The van der Waals surface area contributed by atoms with E-state index in [0.29, 0.717) is 38.7 Å². The fourth-order valence-corrected chi connectivity index (χ4v) is 3.66. The van der Waals surface area contributed by atoms with Gasteiger partial charge in [0.15, 0.2) is 5.96 Å². The van der Waals surface area contributed by atoms with Crippen LogP contribution in [0.4, 0.5) is 13.2 Å². The van der Waals surface area contributed by atoms with Crippen molar-refractivity contribution in [3.05, 3.63) is 0 Å². The van der Waals surface area contributed by atoms with E-state index in [1.165, 1.54) is 9.80 Å². The number of hydrogen-bond acceptors (Lipinski definition) is 4. The van der Waals surface area contributed by atoms with Crippen LogP contribution >= 0.6 is 0 Å². The molecule has 0 radical (unpaired) electrons. The summed E-state index contributed by atoms with van der Waals surface area (Å²) in [5, 5.41) is 3.31. The highest BCUT2D eigenvalue weighted by molar-refractivity contribution is 5.85. The molecule has 0 bridgehead atoms. The highest BCUT2D eigenvalue weighted by atomic mass is 19.4. The number of nitrogens with one attached hydrogen (secondary N) is 1. The Balaban J connectivity index is 1.94. The van der Waals surface area contributed by atoms with E-state index in [0.717, 1.165) is 25.9 Å². The first-order valence-corrected chi connectivity index (χ1v) is 10.3. The average molecular weight is 422 g/mol. The van der Waals surface area contributed by atoms with Crippen molar-refractivity contribution in [1.29, 1.82) is 0 Å². The second-order valence-corrected chi connectivity index (χ2v) is 7.99. The van der Waals surface area contributed by atoms with Crippen LogP contribution < -0.4 is 5.32 Å². The Morgan fingerprint density at radius 2 is 2.07 bits per heavy atom. The molecule has 168 valence electrons. The van der Waals surface area contributed by atoms with Crippen LogP contribution in [-0.2, 0) is 9.53 Å². The smallest absolute Gasteiger partial charge is 0.376 e. The second kappa shape index (κ2) is 11.0. The number of ether oxygens (including phenoxy) is 1. The average Bonchev–Trinajstić information content (AvgIpc) is 3.31. The molecule has 2 atom stereocenters. The monoisotopic (exact) mass is 421 g/mol. The van der Waals surface area contributed by atoms with Crippen molar-refractivity contribution in [2.45, 2.75) is 38.5 Å². The molecule has 2 saturated heterocycles. The van der Waals surface area contributed by atoms with Gasteiger partial charge in [-0.2, -0.15) is 13.2 Å². The van der Waals surface area contributed by atoms with Gasteiger partial charge < -0.3 is 19.9 Å². The molecule has 2 rings (SSSR count). The lowest BCUT2D eigenvalue weighted by atomic mass is 10.1. The van der Waals surface area contributed by atoms with Crippen LogP contribution in [0.25, 0.3) is 0 Å². The van der Waals surface area contributed by atoms with Gasteiger partial charge in [-0.05, 0) is 31.7 Å². The summed E-state index contributed by atoms with van der Waals surface area (Å²) in [6.07, 6.45) is -1.23. The molecule has 0 aromatic heterocycles. The molecule has 7 nitrogen and oxygen atoms in total. The summed E-state index contributed by atoms with van der Waals surface area (Å²) in [5.74, 6) is 0.674. The molecular formula is C19H34F3N5O2. The highest BCUT2D eigenvalue weighted by Gasteiger charge is 2.33. The van der Waals surface area contributed by atoms with E-state index in [2.05, 4.69) is 10.3 Å². The van der Waals surface area contributed by atoms with E-state index in [1.807, 2.05) is 4.90 Å². The molecule has 0 aliphatic carbocycles. The number of alkyl halides is 3. The molecule has 2 aliphatic rings. The topological polar surface area (TPSA) is 60.4 Å². The van der Waals surface area contributed by atoms with E-state index < -0.39 is 12.7 Å². The van der Waals surface area contributed by atoms with Crippen molar-refractivity contribution in [1.82, 2.24) is 20.0 Å². The van der Waals surface area contributed by atoms with Crippen molar-refractivity contribution in [2.75, 3.05) is 66.5 Å². The van der Waals surface area contributed by atoms with Gasteiger partial charge in [0.2, 0.25) is 5.91 Å². The molecule has 0 saturated carbocycles. The van der Waals surface area contributed by atoms with Gasteiger partial charge in [0.1, 0.15) is 6.54 Å². The Bertz CT molecular complexity index is 550. The third kappa shape index (κ3) is 8.38. The van der Waals surface area contributed by atoms with Gasteiger partial charge in [0, 0.05) is 46.9 Å². The first-order chi connectivity index (χ1) is 13.7. The minimum absolute atomic E-state index is 0.0389. The number of carbonyl (C=O) groups excluding carboxylic acids is 1. The van der Waals surface area contributed by atoms with E-state index >= 15 is 0 Å². The molecule has 2 heterocycles. The van der Waals surface area contributed by atoms with Crippen LogP contribution in [0.2, 0.25) is 0 Å². The third-order valence-corrected chi connectivity index (χ3v) is 5.33. The van der Waals surface area contributed by atoms with E-state index in [-0.39, 0.29) is 24.5 Å². The summed E-state index contributed by atoms with van der Waals surface area (Å²) in [6.45, 7) is 4.40. The molecule has 0 spiro atoms. The van der Waals surface area contributed by atoms with Crippen LogP contribution in [0.3, 0.4) is 0 Å². The number of rotatable bonds is 8. The lowest BCUT2D eigenvalue weighted by molar-refractivity contribution is -0.146. The number of halogens is 3. The summed E-state index contributed by atoms with van der Waals surface area (Å²) in [5.41, 5.74) is 0. The van der Waals surface area contributed by atoms with Gasteiger partial charge in [0.25, 0.3) is 0 Å². The number of amides is 1. The van der Waals surface area contributed by atoms with Crippen LogP contribution in [0.5, 0.6) is 0 Å². The van der Waals surface area contributed by atoms with E-state index in [1.54, 1.807) is 21.0 Å². The predicted molar refractivity (Wildman–Crippen MR) is 106 cm³/mol. The number of carbonyl (C=O) groups is 1. The van der Waals surface area contributed by atoms with Gasteiger partial charge in [-0.25, -0.2) is 4.99 Å². The number of hydrogen-bond donors (Lipinski definition) is 1. The molecule has 0 aromatic rings. The van der Waals surface area contributed by atoms with Crippen LogP contribution in [0.1, 0.15) is 26.2 Å². The molecule has 10 heteroatoms. The van der Waals surface area contributed by atoms with Crippen LogP contribution in [0, 0.1) is 5.92 Å².